The van der Waals surface area contributed by atoms with E-state index >= 15 is 0 Å². The van der Waals surface area contributed by atoms with Crippen molar-refractivity contribution in [3.05, 3.63) is 59.9 Å². The van der Waals surface area contributed by atoms with Crippen LogP contribution in [0.5, 0.6) is 0 Å². The molecule has 2 aromatic carbocycles. The molecule has 0 spiro atoms. The summed E-state index contributed by atoms with van der Waals surface area (Å²) in [7, 11) is 0. The third kappa shape index (κ3) is 3.23. The molecule has 1 amide bonds. The number of nitrogens with zero attached hydrogens (tertiary/aromatic N) is 3. The second kappa shape index (κ2) is 6.35. The molecule has 6 nitrogen and oxygen atoms in total. The normalized spacial score (nSPS) is 11.9. The number of anilines is 1. The van der Waals surface area contributed by atoms with Crippen LogP contribution in [0.3, 0.4) is 0 Å². The molecular weight excluding hydrogens is 297 g/mol. The summed E-state index contributed by atoms with van der Waals surface area (Å²) in [5, 5.41) is 15.4. The van der Waals surface area contributed by atoms with Crippen LogP contribution in [0.2, 0.25) is 0 Å². The zero-order valence-electron chi connectivity index (χ0n) is 12.3. The number of nitrogens with one attached hydrogen (secondary N) is 2. The molecule has 0 saturated heterocycles. The van der Waals surface area contributed by atoms with E-state index in [1.165, 1.54) is 6.07 Å². The van der Waals surface area contributed by atoms with Crippen LogP contribution in [-0.2, 0) is 4.79 Å². The van der Waals surface area contributed by atoms with Crippen LogP contribution in [0.4, 0.5) is 10.3 Å². The van der Waals surface area contributed by atoms with Gasteiger partial charge in [0, 0.05) is 5.56 Å². The highest BCUT2D eigenvalue weighted by Gasteiger charge is 2.18. The molecule has 1 aromatic heterocycles. The molecule has 0 fully saturated rings. The summed E-state index contributed by atoms with van der Waals surface area (Å²) < 4.78 is 14.4. The predicted octanol–water partition coefficient (Wildman–Crippen LogP) is 2.75. The van der Waals surface area contributed by atoms with Crippen molar-refractivity contribution in [1.82, 2.24) is 20.6 Å². The smallest absolute Gasteiger partial charge is 0.269 e. The van der Waals surface area contributed by atoms with Gasteiger partial charge in [-0.15, -0.1) is 5.10 Å². The van der Waals surface area contributed by atoms with Crippen molar-refractivity contribution in [2.24, 2.45) is 0 Å². The van der Waals surface area contributed by atoms with Gasteiger partial charge in [-0.2, -0.15) is 5.21 Å². The molecule has 1 atom stereocenters. The number of carbonyl (C=O) groups excluding carboxylic acids is 1. The van der Waals surface area contributed by atoms with Crippen molar-refractivity contribution in [2.75, 3.05) is 5.32 Å². The van der Waals surface area contributed by atoms with Gasteiger partial charge in [0.15, 0.2) is 0 Å². The number of aromatic amines is 1. The van der Waals surface area contributed by atoms with Crippen LogP contribution in [0, 0.1) is 5.82 Å². The molecule has 0 radical (unpaired) electrons. The topological polar surface area (TPSA) is 83.6 Å². The highest BCUT2D eigenvalue weighted by atomic mass is 19.1. The van der Waals surface area contributed by atoms with E-state index in [1.807, 2.05) is 30.3 Å². The third-order valence-corrected chi connectivity index (χ3v) is 3.55. The van der Waals surface area contributed by atoms with Gasteiger partial charge in [0.1, 0.15) is 5.82 Å². The molecule has 0 bridgehead atoms. The number of rotatable bonds is 4. The number of aromatic nitrogens is 4. The maximum Gasteiger partial charge on any atom is 0.269 e. The first-order chi connectivity index (χ1) is 11.1. The molecule has 1 heterocycles. The summed E-state index contributed by atoms with van der Waals surface area (Å²) in [5.41, 5.74) is 1.86. The van der Waals surface area contributed by atoms with E-state index in [4.69, 9.17) is 0 Å². The minimum absolute atomic E-state index is 0.0863. The number of carbonyl (C=O) groups is 1. The fraction of sp³-hybridized carbons (Fsp3) is 0.125. The van der Waals surface area contributed by atoms with E-state index in [-0.39, 0.29) is 17.7 Å². The second-order valence-electron chi connectivity index (χ2n) is 5.05. The number of amides is 1. The molecule has 0 saturated carbocycles. The van der Waals surface area contributed by atoms with E-state index in [9.17, 15) is 9.18 Å². The monoisotopic (exact) mass is 311 g/mol. The highest BCUT2D eigenvalue weighted by Crippen LogP contribution is 2.26. The Morgan fingerprint density at radius 1 is 1.22 bits per heavy atom. The summed E-state index contributed by atoms with van der Waals surface area (Å²) in [5.74, 6) is -1.16. The Morgan fingerprint density at radius 2 is 2.00 bits per heavy atom. The van der Waals surface area contributed by atoms with Crippen molar-refractivity contribution >= 4 is 11.9 Å². The Labute approximate surface area is 131 Å². The predicted molar refractivity (Wildman–Crippen MR) is 83.1 cm³/mol. The van der Waals surface area contributed by atoms with Crippen LogP contribution in [0.1, 0.15) is 18.4 Å². The minimum atomic E-state index is -0.548. The second-order valence-corrected chi connectivity index (χ2v) is 5.05. The van der Waals surface area contributed by atoms with Gasteiger partial charge in [0.2, 0.25) is 5.91 Å². The average Bonchev–Trinajstić information content (AvgIpc) is 3.07. The number of hydrogen-bond acceptors (Lipinski definition) is 4. The maximum atomic E-state index is 14.4. The van der Waals surface area contributed by atoms with Crippen LogP contribution >= 0.6 is 0 Å². The van der Waals surface area contributed by atoms with E-state index in [1.54, 1.807) is 19.1 Å². The molecule has 0 aliphatic rings. The lowest BCUT2D eigenvalue weighted by molar-refractivity contribution is -0.117. The Hall–Kier alpha value is -3.09. The summed E-state index contributed by atoms with van der Waals surface area (Å²) in [6.45, 7) is 1.69. The van der Waals surface area contributed by atoms with Crippen molar-refractivity contribution in [1.29, 1.82) is 0 Å². The number of halogens is 1. The Morgan fingerprint density at radius 3 is 2.65 bits per heavy atom. The molecule has 23 heavy (non-hydrogen) atoms. The zero-order chi connectivity index (χ0) is 16.2. The lowest BCUT2D eigenvalue weighted by atomic mass is 9.96. The van der Waals surface area contributed by atoms with Crippen LogP contribution < -0.4 is 5.32 Å². The van der Waals surface area contributed by atoms with Crippen LogP contribution in [0.25, 0.3) is 11.1 Å². The van der Waals surface area contributed by atoms with Gasteiger partial charge in [-0.1, -0.05) is 47.6 Å². The van der Waals surface area contributed by atoms with E-state index < -0.39 is 5.92 Å². The molecule has 0 aliphatic heterocycles. The first kappa shape index (κ1) is 14.8. The number of H-pyrrole nitrogens is 1. The summed E-state index contributed by atoms with van der Waals surface area (Å²) >= 11 is 0. The van der Waals surface area contributed by atoms with Gasteiger partial charge in [0.25, 0.3) is 5.95 Å². The quantitative estimate of drug-likeness (QED) is 0.776. The molecule has 3 rings (SSSR count). The van der Waals surface area contributed by atoms with Gasteiger partial charge in [-0.05, 0) is 29.3 Å². The van der Waals surface area contributed by atoms with E-state index in [2.05, 4.69) is 25.9 Å². The molecule has 0 unspecified atom stereocenters. The Kier molecular flexibility index (Phi) is 4.09. The van der Waals surface area contributed by atoms with E-state index in [0.717, 1.165) is 5.56 Å². The average molecular weight is 311 g/mol. The first-order valence-corrected chi connectivity index (χ1v) is 7.04. The standard InChI is InChI=1S/C16H14FN5O/c1-10(15(23)18-16-19-21-22-20-16)12-7-8-13(14(17)9-12)11-5-3-2-4-6-11/h2-10H,1H3,(H2,18,19,20,21,22,23)/t10-/m1/s1. The molecule has 0 aliphatic carbocycles. The van der Waals surface area contributed by atoms with E-state index in [0.29, 0.717) is 11.1 Å². The summed E-state index contributed by atoms with van der Waals surface area (Å²) in [6, 6.07) is 14.1. The van der Waals surface area contributed by atoms with Gasteiger partial charge < -0.3 is 0 Å². The molecule has 7 heteroatoms. The minimum Gasteiger partial charge on any atom is -0.291 e. The van der Waals surface area contributed by atoms with Crippen molar-refractivity contribution in [3.63, 3.8) is 0 Å². The fourth-order valence-corrected chi connectivity index (χ4v) is 2.24. The maximum absolute atomic E-state index is 14.4. The molecule has 116 valence electrons. The molecule has 3 aromatic rings. The Balaban J connectivity index is 1.81. The van der Waals surface area contributed by atoms with Gasteiger partial charge >= 0.3 is 0 Å². The van der Waals surface area contributed by atoms with Crippen molar-refractivity contribution < 1.29 is 9.18 Å². The van der Waals surface area contributed by atoms with Crippen LogP contribution in [0.15, 0.2) is 48.5 Å². The first-order valence-electron chi connectivity index (χ1n) is 7.04. The van der Waals surface area contributed by atoms with Crippen LogP contribution in [-0.4, -0.2) is 26.5 Å². The van der Waals surface area contributed by atoms with Gasteiger partial charge in [0.05, 0.1) is 5.92 Å². The molecular formula is C16H14FN5O. The SMILES string of the molecule is C[C@@H](C(=O)Nc1nn[nH]n1)c1ccc(-c2ccccc2)c(F)c1. The van der Waals surface area contributed by atoms with Gasteiger partial charge in [-0.3, -0.25) is 10.1 Å². The number of tetrazole rings is 1. The Bertz CT molecular complexity index is 805. The largest absolute Gasteiger partial charge is 0.291 e. The van der Waals surface area contributed by atoms with Crippen molar-refractivity contribution in [3.8, 4) is 11.1 Å². The summed E-state index contributed by atoms with van der Waals surface area (Å²) in [6.07, 6.45) is 0. The van der Waals surface area contributed by atoms with Crippen molar-refractivity contribution in [2.45, 2.75) is 12.8 Å². The number of hydrogen-bond donors (Lipinski definition) is 2. The molecule has 2 N–H and O–H groups in total. The van der Waals surface area contributed by atoms with Gasteiger partial charge in [-0.25, -0.2) is 4.39 Å². The fourth-order valence-electron chi connectivity index (χ4n) is 2.24. The third-order valence-electron chi connectivity index (χ3n) is 3.55. The summed E-state index contributed by atoms with van der Waals surface area (Å²) in [4.78, 5) is 12.1. The zero-order valence-corrected chi connectivity index (χ0v) is 12.3. The number of benzene rings is 2. The lowest BCUT2D eigenvalue weighted by Gasteiger charge is -2.12. The lowest BCUT2D eigenvalue weighted by Crippen LogP contribution is -2.19. The highest BCUT2D eigenvalue weighted by molar-refractivity contribution is 5.94.